The maximum atomic E-state index is 10.4. The first kappa shape index (κ1) is 12.2. The van der Waals surface area contributed by atoms with Crippen molar-refractivity contribution in [2.45, 2.75) is 13.0 Å². The Bertz CT molecular complexity index is 123. The van der Waals surface area contributed by atoms with E-state index in [-0.39, 0.29) is 24.4 Å². The van der Waals surface area contributed by atoms with Gasteiger partial charge in [0, 0.05) is 12.1 Å². The molecule has 0 aromatic carbocycles. The lowest BCUT2D eigenvalue weighted by Crippen LogP contribution is -2.11. The summed E-state index contributed by atoms with van der Waals surface area (Å²) in [4.78, 5) is 10.4. The SMILES string of the molecule is COC(=O)C=CC(C)N.Cl. The van der Waals surface area contributed by atoms with Crippen LogP contribution in [0.25, 0.3) is 0 Å². The van der Waals surface area contributed by atoms with Gasteiger partial charge in [-0.3, -0.25) is 0 Å². The molecule has 2 N–H and O–H groups in total. The van der Waals surface area contributed by atoms with Crippen molar-refractivity contribution < 1.29 is 9.53 Å². The predicted octanol–water partition coefficient (Wildman–Crippen LogP) is 0.485. The van der Waals surface area contributed by atoms with E-state index in [0.717, 1.165) is 0 Å². The Morgan fingerprint density at radius 2 is 2.20 bits per heavy atom. The van der Waals surface area contributed by atoms with Crippen LogP contribution in [0, 0.1) is 0 Å². The third kappa shape index (κ3) is 7.46. The van der Waals surface area contributed by atoms with E-state index >= 15 is 0 Å². The molecule has 0 spiro atoms. The van der Waals surface area contributed by atoms with E-state index in [0.29, 0.717) is 0 Å². The minimum absolute atomic E-state index is 0. The molecule has 0 fully saturated rings. The normalized spacial score (nSPS) is 12.3. The topological polar surface area (TPSA) is 52.3 Å². The summed E-state index contributed by atoms with van der Waals surface area (Å²) < 4.78 is 4.32. The standard InChI is InChI=1S/C6H11NO2.ClH/c1-5(7)3-4-6(8)9-2;/h3-5H,7H2,1-2H3;1H. The number of rotatable bonds is 2. The van der Waals surface area contributed by atoms with Crippen molar-refractivity contribution in [1.29, 1.82) is 0 Å². The molecule has 1 atom stereocenters. The summed E-state index contributed by atoms with van der Waals surface area (Å²) in [6.45, 7) is 1.78. The van der Waals surface area contributed by atoms with Crippen molar-refractivity contribution in [1.82, 2.24) is 0 Å². The zero-order valence-electron chi connectivity index (χ0n) is 6.03. The Kier molecular flexibility index (Phi) is 8.00. The van der Waals surface area contributed by atoms with Gasteiger partial charge in [0.15, 0.2) is 0 Å². The third-order valence-corrected chi connectivity index (χ3v) is 0.737. The average molecular weight is 166 g/mol. The van der Waals surface area contributed by atoms with Crippen molar-refractivity contribution in [2.24, 2.45) is 5.73 Å². The molecule has 0 radical (unpaired) electrons. The van der Waals surface area contributed by atoms with Gasteiger partial charge < -0.3 is 10.5 Å². The monoisotopic (exact) mass is 165 g/mol. The molecule has 3 nitrogen and oxygen atoms in total. The van der Waals surface area contributed by atoms with E-state index < -0.39 is 0 Å². The van der Waals surface area contributed by atoms with E-state index in [2.05, 4.69) is 4.74 Å². The molecular weight excluding hydrogens is 154 g/mol. The van der Waals surface area contributed by atoms with E-state index in [1.165, 1.54) is 13.2 Å². The highest BCUT2D eigenvalue weighted by atomic mass is 35.5. The van der Waals surface area contributed by atoms with Crippen LogP contribution in [0.5, 0.6) is 0 Å². The van der Waals surface area contributed by atoms with Gasteiger partial charge in [0.25, 0.3) is 0 Å². The van der Waals surface area contributed by atoms with Crippen LogP contribution >= 0.6 is 12.4 Å². The number of methoxy groups -OCH3 is 1. The zero-order valence-corrected chi connectivity index (χ0v) is 6.85. The molecule has 0 aromatic heterocycles. The molecule has 60 valence electrons. The van der Waals surface area contributed by atoms with E-state index in [1.54, 1.807) is 13.0 Å². The fraction of sp³-hybridized carbons (Fsp3) is 0.500. The smallest absolute Gasteiger partial charge is 0.330 e. The quantitative estimate of drug-likeness (QED) is 0.479. The zero-order chi connectivity index (χ0) is 7.28. The summed E-state index contributed by atoms with van der Waals surface area (Å²) in [6.07, 6.45) is 2.89. The number of carbonyl (C=O) groups excluding carboxylic acids is 1. The van der Waals surface area contributed by atoms with Gasteiger partial charge in [-0.25, -0.2) is 4.79 Å². The first-order valence-electron chi connectivity index (χ1n) is 2.68. The largest absolute Gasteiger partial charge is 0.466 e. The minimum atomic E-state index is -0.368. The molecule has 0 aromatic rings. The molecule has 0 aliphatic carbocycles. The number of carbonyl (C=O) groups is 1. The maximum absolute atomic E-state index is 10.4. The van der Waals surface area contributed by atoms with Gasteiger partial charge in [-0.05, 0) is 6.92 Å². The molecule has 0 aliphatic heterocycles. The van der Waals surface area contributed by atoms with Crippen molar-refractivity contribution in [3.63, 3.8) is 0 Å². The Labute approximate surface area is 66.6 Å². The first-order valence-corrected chi connectivity index (χ1v) is 2.68. The van der Waals surface area contributed by atoms with Crippen LogP contribution in [0.3, 0.4) is 0 Å². The molecule has 1 unspecified atom stereocenters. The molecule has 0 heterocycles. The van der Waals surface area contributed by atoms with Crippen molar-refractivity contribution in [3.05, 3.63) is 12.2 Å². The van der Waals surface area contributed by atoms with Gasteiger partial charge >= 0.3 is 5.97 Å². The van der Waals surface area contributed by atoms with Gasteiger partial charge in [0.2, 0.25) is 0 Å². The summed E-state index contributed by atoms with van der Waals surface area (Å²) >= 11 is 0. The Morgan fingerprint density at radius 1 is 1.70 bits per heavy atom. The molecule has 0 saturated heterocycles. The summed E-state index contributed by atoms with van der Waals surface area (Å²) in [5.74, 6) is -0.368. The highest BCUT2D eigenvalue weighted by molar-refractivity contribution is 5.85. The van der Waals surface area contributed by atoms with Crippen LogP contribution in [0.4, 0.5) is 0 Å². The molecule has 0 aliphatic rings. The molecule has 0 saturated carbocycles. The highest BCUT2D eigenvalue weighted by Crippen LogP contribution is 1.80. The van der Waals surface area contributed by atoms with Crippen LogP contribution in [0.15, 0.2) is 12.2 Å². The molecule has 4 heteroatoms. The Balaban J connectivity index is 0. The van der Waals surface area contributed by atoms with Gasteiger partial charge in [-0.15, -0.1) is 12.4 Å². The highest BCUT2D eigenvalue weighted by Gasteiger charge is 1.90. The lowest BCUT2D eigenvalue weighted by Gasteiger charge is -1.92. The molecule has 0 rings (SSSR count). The van der Waals surface area contributed by atoms with Gasteiger partial charge in [0.05, 0.1) is 7.11 Å². The second-order valence-electron chi connectivity index (χ2n) is 1.74. The van der Waals surface area contributed by atoms with Crippen molar-refractivity contribution >= 4 is 18.4 Å². The van der Waals surface area contributed by atoms with Crippen LogP contribution in [0.1, 0.15) is 6.92 Å². The van der Waals surface area contributed by atoms with Gasteiger partial charge in [-0.2, -0.15) is 0 Å². The fourth-order valence-electron chi connectivity index (χ4n) is 0.298. The van der Waals surface area contributed by atoms with Gasteiger partial charge in [-0.1, -0.05) is 6.08 Å². The van der Waals surface area contributed by atoms with Gasteiger partial charge in [0.1, 0.15) is 0 Å². The Morgan fingerprint density at radius 3 is 2.50 bits per heavy atom. The minimum Gasteiger partial charge on any atom is -0.466 e. The maximum Gasteiger partial charge on any atom is 0.330 e. The fourth-order valence-corrected chi connectivity index (χ4v) is 0.298. The number of hydrogen-bond acceptors (Lipinski definition) is 3. The third-order valence-electron chi connectivity index (χ3n) is 0.737. The molecular formula is C6H12ClNO2. The lowest BCUT2D eigenvalue weighted by atomic mass is 10.3. The average Bonchev–Trinajstić information content (AvgIpc) is 1.83. The summed E-state index contributed by atoms with van der Waals surface area (Å²) in [5.41, 5.74) is 5.30. The molecule has 0 bridgehead atoms. The summed E-state index contributed by atoms with van der Waals surface area (Å²) in [6, 6.07) is -0.0934. The summed E-state index contributed by atoms with van der Waals surface area (Å²) in [5, 5.41) is 0. The van der Waals surface area contributed by atoms with Crippen LogP contribution < -0.4 is 5.73 Å². The number of halogens is 1. The number of nitrogens with two attached hydrogens (primary N) is 1. The predicted molar refractivity (Wildman–Crippen MR) is 42.1 cm³/mol. The number of esters is 1. The first-order chi connectivity index (χ1) is 4.16. The molecule has 0 amide bonds. The number of ether oxygens (including phenoxy) is 1. The Hall–Kier alpha value is -0.540. The number of hydrogen-bond donors (Lipinski definition) is 1. The second kappa shape index (κ2) is 6.58. The van der Waals surface area contributed by atoms with E-state index in [1.807, 2.05) is 0 Å². The van der Waals surface area contributed by atoms with Crippen LogP contribution in [0.2, 0.25) is 0 Å². The van der Waals surface area contributed by atoms with Crippen LogP contribution in [-0.4, -0.2) is 19.1 Å². The van der Waals surface area contributed by atoms with E-state index in [9.17, 15) is 4.79 Å². The van der Waals surface area contributed by atoms with Crippen molar-refractivity contribution in [2.75, 3.05) is 7.11 Å². The lowest BCUT2D eigenvalue weighted by molar-refractivity contribution is -0.134. The van der Waals surface area contributed by atoms with Crippen LogP contribution in [-0.2, 0) is 9.53 Å². The summed E-state index contributed by atoms with van der Waals surface area (Å²) in [7, 11) is 1.33. The molecule has 10 heavy (non-hydrogen) atoms. The van der Waals surface area contributed by atoms with Crippen molar-refractivity contribution in [3.8, 4) is 0 Å². The van der Waals surface area contributed by atoms with E-state index in [4.69, 9.17) is 5.73 Å². The second-order valence-corrected chi connectivity index (χ2v) is 1.74.